The highest BCUT2D eigenvalue weighted by molar-refractivity contribution is 5.86. The molecule has 3 nitrogen and oxygen atoms in total. The Balaban J connectivity index is 2.44. The Morgan fingerprint density at radius 3 is 2.31 bits per heavy atom. The molecule has 4 N–H and O–H groups in total. The van der Waals surface area contributed by atoms with Crippen LogP contribution < -0.4 is 11.5 Å². The number of carbonyl (C=O) groups excluding carboxylic acids is 1. The molecule has 0 spiro atoms. The molecule has 1 aliphatic carbocycles. The molecule has 0 aliphatic heterocycles. The average molecular weight is 226 g/mol. The number of rotatable bonds is 5. The number of hydrogen-bond acceptors (Lipinski definition) is 3. The summed E-state index contributed by atoms with van der Waals surface area (Å²) in [5, 5.41) is 0. The van der Waals surface area contributed by atoms with Crippen LogP contribution in [-0.4, -0.2) is 18.4 Å². The highest BCUT2D eigenvalue weighted by atomic mass is 16.1. The van der Waals surface area contributed by atoms with Gasteiger partial charge in [0.1, 0.15) is 0 Å². The number of hydrogen-bond donors (Lipinski definition) is 2. The summed E-state index contributed by atoms with van der Waals surface area (Å²) < 4.78 is 0. The lowest BCUT2D eigenvalue weighted by Gasteiger charge is -2.29. The van der Waals surface area contributed by atoms with Crippen LogP contribution in [0.3, 0.4) is 0 Å². The molecule has 0 bridgehead atoms. The highest BCUT2D eigenvalue weighted by Gasteiger charge is 2.30. The van der Waals surface area contributed by atoms with Gasteiger partial charge >= 0.3 is 0 Å². The van der Waals surface area contributed by atoms with Gasteiger partial charge in [-0.25, -0.2) is 0 Å². The maximum Gasteiger partial charge on any atom is 0.152 e. The van der Waals surface area contributed by atoms with Crippen molar-refractivity contribution in [3.63, 3.8) is 0 Å². The van der Waals surface area contributed by atoms with Crippen LogP contribution >= 0.6 is 0 Å². The third-order valence-corrected chi connectivity index (χ3v) is 4.17. The van der Waals surface area contributed by atoms with Crippen LogP contribution in [0.5, 0.6) is 0 Å². The van der Waals surface area contributed by atoms with E-state index in [4.69, 9.17) is 11.5 Å². The molecule has 0 aromatic carbocycles. The maximum atomic E-state index is 12.1. The van der Waals surface area contributed by atoms with Crippen molar-refractivity contribution in [1.82, 2.24) is 0 Å². The summed E-state index contributed by atoms with van der Waals surface area (Å²) in [6.45, 7) is 4.91. The second-order valence-corrected chi connectivity index (χ2v) is 5.27. The van der Waals surface area contributed by atoms with E-state index in [0.29, 0.717) is 11.8 Å². The number of ketones is 1. The Morgan fingerprint density at radius 1 is 1.31 bits per heavy atom. The normalized spacial score (nSPS) is 29.8. The van der Waals surface area contributed by atoms with Gasteiger partial charge in [-0.2, -0.15) is 0 Å². The number of Topliss-reactive ketones (excluding diaryl/α,β-unsaturated/α-hetero) is 1. The first-order valence-electron chi connectivity index (χ1n) is 6.59. The number of carbonyl (C=O) groups is 1. The van der Waals surface area contributed by atoms with Crippen LogP contribution in [0.4, 0.5) is 0 Å². The third-order valence-electron chi connectivity index (χ3n) is 4.17. The van der Waals surface area contributed by atoms with Crippen molar-refractivity contribution in [2.24, 2.45) is 29.2 Å². The molecule has 3 heteroatoms. The van der Waals surface area contributed by atoms with Gasteiger partial charge in [0.05, 0.1) is 6.04 Å². The monoisotopic (exact) mass is 226 g/mol. The first-order chi connectivity index (χ1) is 7.60. The van der Waals surface area contributed by atoms with Crippen molar-refractivity contribution in [2.75, 3.05) is 6.54 Å². The van der Waals surface area contributed by atoms with Crippen molar-refractivity contribution in [3.8, 4) is 0 Å². The molecule has 0 amide bonds. The van der Waals surface area contributed by atoms with Crippen LogP contribution in [0.1, 0.15) is 46.0 Å². The zero-order valence-corrected chi connectivity index (χ0v) is 10.6. The van der Waals surface area contributed by atoms with E-state index in [1.54, 1.807) is 0 Å². The van der Waals surface area contributed by atoms with E-state index >= 15 is 0 Å². The molecule has 0 saturated heterocycles. The molecule has 2 atom stereocenters. The fourth-order valence-corrected chi connectivity index (χ4v) is 2.49. The second-order valence-electron chi connectivity index (χ2n) is 5.27. The molecule has 0 aromatic rings. The summed E-state index contributed by atoms with van der Waals surface area (Å²) in [7, 11) is 0. The molecule has 1 aliphatic rings. The van der Waals surface area contributed by atoms with Crippen LogP contribution in [0.15, 0.2) is 0 Å². The van der Waals surface area contributed by atoms with Crippen LogP contribution in [0, 0.1) is 17.8 Å². The quantitative estimate of drug-likeness (QED) is 0.749. The smallest absolute Gasteiger partial charge is 0.152 e. The Labute approximate surface area is 99.0 Å². The Morgan fingerprint density at radius 2 is 1.88 bits per heavy atom. The van der Waals surface area contributed by atoms with E-state index in [1.807, 2.05) is 0 Å². The highest BCUT2D eigenvalue weighted by Crippen LogP contribution is 2.30. The Kier molecular flexibility index (Phi) is 5.42. The third kappa shape index (κ3) is 3.29. The molecule has 0 heterocycles. The minimum absolute atomic E-state index is 0.201. The molecule has 1 rings (SSSR count). The van der Waals surface area contributed by atoms with Gasteiger partial charge in [-0.15, -0.1) is 0 Å². The summed E-state index contributed by atoms with van der Waals surface area (Å²) in [5.74, 6) is 1.42. The maximum absolute atomic E-state index is 12.1. The summed E-state index contributed by atoms with van der Waals surface area (Å²) in [5.41, 5.74) is 11.6. The standard InChI is InChI=1S/C13H26N2O/c1-3-9(2)12(15)13(16)11-6-4-10(8-14)5-7-11/h9-12H,3-8,14-15H2,1-2H3/t9-,10?,11?,12-/m0/s1. The van der Waals surface area contributed by atoms with Crippen LogP contribution in [0.25, 0.3) is 0 Å². The molecule has 1 saturated carbocycles. The predicted octanol–water partition coefficient (Wildman–Crippen LogP) is 1.69. The minimum atomic E-state index is -0.260. The Bertz CT molecular complexity index is 222. The molecule has 1 fully saturated rings. The van der Waals surface area contributed by atoms with Crippen LogP contribution in [0.2, 0.25) is 0 Å². The van der Waals surface area contributed by atoms with Crippen molar-refractivity contribution < 1.29 is 4.79 Å². The molecule has 16 heavy (non-hydrogen) atoms. The van der Waals surface area contributed by atoms with Gasteiger partial charge in [0, 0.05) is 5.92 Å². The van der Waals surface area contributed by atoms with E-state index in [9.17, 15) is 4.79 Å². The fourth-order valence-electron chi connectivity index (χ4n) is 2.49. The summed E-state index contributed by atoms with van der Waals surface area (Å²) in [4.78, 5) is 12.1. The second kappa shape index (κ2) is 6.36. The van der Waals surface area contributed by atoms with Crippen molar-refractivity contribution in [1.29, 1.82) is 0 Å². The summed E-state index contributed by atoms with van der Waals surface area (Å²) in [6, 6.07) is -0.260. The molecular weight excluding hydrogens is 200 g/mol. The SMILES string of the molecule is CC[C@H](C)[C@H](N)C(=O)C1CCC(CN)CC1. The summed E-state index contributed by atoms with van der Waals surface area (Å²) >= 11 is 0. The van der Waals surface area contributed by atoms with Crippen molar-refractivity contribution in [2.45, 2.75) is 52.0 Å². The molecule has 94 valence electrons. The molecule has 0 radical (unpaired) electrons. The average Bonchev–Trinajstić information content (AvgIpc) is 2.36. The van der Waals surface area contributed by atoms with Crippen molar-refractivity contribution in [3.05, 3.63) is 0 Å². The van der Waals surface area contributed by atoms with Crippen LogP contribution in [-0.2, 0) is 4.79 Å². The zero-order chi connectivity index (χ0) is 12.1. The lowest BCUT2D eigenvalue weighted by molar-refractivity contribution is -0.126. The molecule has 0 aromatic heterocycles. The van der Waals surface area contributed by atoms with Gasteiger partial charge in [-0.1, -0.05) is 20.3 Å². The van der Waals surface area contributed by atoms with Crippen molar-refractivity contribution >= 4 is 5.78 Å². The zero-order valence-electron chi connectivity index (χ0n) is 10.6. The lowest BCUT2D eigenvalue weighted by Crippen LogP contribution is -2.41. The number of nitrogens with two attached hydrogens (primary N) is 2. The van der Waals surface area contributed by atoms with Gasteiger partial charge < -0.3 is 11.5 Å². The van der Waals surface area contributed by atoms with Gasteiger partial charge in [0.15, 0.2) is 5.78 Å². The predicted molar refractivity (Wildman–Crippen MR) is 66.9 cm³/mol. The molecular formula is C13H26N2O. The molecule has 0 unspecified atom stereocenters. The lowest BCUT2D eigenvalue weighted by atomic mass is 9.77. The van der Waals surface area contributed by atoms with E-state index in [0.717, 1.165) is 38.6 Å². The summed E-state index contributed by atoms with van der Waals surface area (Å²) in [6.07, 6.45) is 5.15. The van der Waals surface area contributed by atoms with E-state index in [1.165, 1.54) is 0 Å². The fraction of sp³-hybridized carbons (Fsp3) is 0.923. The van der Waals surface area contributed by atoms with E-state index in [-0.39, 0.29) is 17.7 Å². The van der Waals surface area contributed by atoms with Gasteiger partial charge in [0.2, 0.25) is 0 Å². The first kappa shape index (κ1) is 13.7. The topological polar surface area (TPSA) is 69.1 Å². The largest absolute Gasteiger partial charge is 0.330 e. The van der Waals surface area contributed by atoms with E-state index < -0.39 is 0 Å². The first-order valence-corrected chi connectivity index (χ1v) is 6.59. The van der Waals surface area contributed by atoms with Gasteiger partial charge in [-0.05, 0) is 44.1 Å². The van der Waals surface area contributed by atoms with Gasteiger partial charge in [0.25, 0.3) is 0 Å². The Hall–Kier alpha value is -0.410. The van der Waals surface area contributed by atoms with Gasteiger partial charge in [-0.3, -0.25) is 4.79 Å². The van der Waals surface area contributed by atoms with E-state index in [2.05, 4.69) is 13.8 Å². The minimum Gasteiger partial charge on any atom is -0.330 e.